The van der Waals surface area contributed by atoms with Gasteiger partial charge in [-0.1, -0.05) is 19.3 Å². The van der Waals surface area contributed by atoms with Gasteiger partial charge in [0.15, 0.2) is 0 Å². The highest BCUT2D eigenvalue weighted by atomic mass is 16.5. The molecule has 0 amide bonds. The highest BCUT2D eigenvalue weighted by Crippen LogP contribution is 2.08. The van der Waals surface area contributed by atoms with E-state index < -0.39 is 0 Å². The number of rotatable bonds is 10. The normalized spacial score (nSPS) is 16.1. The first-order chi connectivity index (χ1) is 9.43. The maximum absolute atomic E-state index is 5.70. The van der Waals surface area contributed by atoms with Crippen LogP contribution in [0.2, 0.25) is 0 Å². The Balaban J connectivity index is 1.74. The number of unbranched alkanes of at least 4 members (excludes halogenated alkanes) is 4. The first-order valence-corrected chi connectivity index (χ1v) is 8.13. The molecule has 110 valence electrons. The predicted molar refractivity (Wildman–Crippen MR) is 82.3 cm³/mol. The molecule has 0 unspecified atom stereocenters. The molecule has 0 bridgehead atoms. The Hall–Kier alpha value is -0.520. The number of ether oxygens (including phenoxy) is 1. The second-order valence-corrected chi connectivity index (χ2v) is 5.46. The lowest BCUT2D eigenvalue weighted by Crippen LogP contribution is -2.31. The van der Waals surface area contributed by atoms with Crippen LogP contribution in [0.25, 0.3) is 0 Å². The molecule has 0 aliphatic carbocycles. The van der Waals surface area contributed by atoms with E-state index in [9.17, 15) is 0 Å². The van der Waals surface area contributed by atoms with Gasteiger partial charge in [-0.2, -0.15) is 0 Å². The van der Waals surface area contributed by atoms with Gasteiger partial charge in [-0.05, 0) is 52.1 Å². The third-order valence-corrected chi connectivity index (χ3v) is 3.73. The SMILES string of the molecule is CC#CCCCCCCOCCCN1CCCCC1. The summed E-state index contributed by atoms with van der Waals surface area (Å²) in [4.78, 5) is 2.58. The van der Waals surface area contributed by atoms with Crippen molar-refractivity contribution in [3.63, 3.8) is 0 Å². The van der Waals surface area contributed by atoms with Crippen LogP contribution in [0, 0.1) is 11.8 Å². The predicted octanol–water partition coefficient (Wildman–Crippen LogP) is 3.85. The summed E-state index contributed by atoms with van der Waals surface area (Å²) in [7, 11) is 0. The van der Waals surface area contributed by atoms with Crippen LogP contribution in [0.15, 0.2) is 0 Å². The number of piperidine rings is 1. The molecule has 0 saturated carbocycles. The van der Waals surface area contributed by atoms with E-state index in [1.165, 1.54) is 71.0 Å². The van der Waals surface area contributed by atoms with Crippen LogP contribution < -0.4 is 0 Å². The van der Waals surface area contributed by atoms with Crippen LogP contribution in [0.4, 0.5) is 0 Å². The zero-order valence-electron chi connectivity index (χ0n) is 12.8. The molecule has 1 aliphatic heterocycles. The summed E-state index contributed by atoms with van der Waals surface area (Å²) in [6.45, 7) is 7.64. The van der Waals surface area contributed by atoms with Crippen LogP contribution in [0.1, 0.15) is 64.7 Å². The Morgan fingerprint density at radius 1 is 0.895 bits per heavy atom. The average molecular weight is 265 g/mol. The Morgan fingerprint density at radius 3 is 2.42 bits per heavy atom. The molecule has 0 atom stereocenters. The third-order valence-electron chi connectivity index (χ3n) is 3.73. The first-order valence-electron chi connectivity index (χ1n) is 8.13. The van der Waals surface area contributed by atoms with Gasteiger partial charge in [-0.3, -0.25) is 0 Å². The van der Waals surface area contributed by atoms with Crippen molar-refractivity contribution < 1.29 is 4.74 Å². The molecule has 1 heterocycles. The summed E-state index contributed by atoms with van der Waals surface area (Å²) in [5, 5.41) is 0. The summed E-state index contributed by atoms with van der Waals surface area (Å²) < 4.78 is 5.70. The zero-order chi connectivity index (χ0) is 13.6. The second kappa shape index (κ2) is 12.5. The van der Waals surface area contributed by atoms with Crippen molar-refractivity contribution in [2.24, 2.45) is 0 Å². The van der Waals surface area contributed by atoms with Crippen molar-refractivity contribution in [2.75, 3.05) is 32.8 Å². The van der Waals surface area contributed by atoms with Crippen LogP contribution in [0.5, 0.6) is 0 Å². The van der Waals surface area contributed by atoms with E-state index in [-0.39, 0.29) is 0 Å². The molecule has 0 N–H and O–H groups in total. The van der Waals surface area contributed by atoms with E-state index >= 15 is 0 Å². The summed E-state index contributed by atoms with van der Waals surface area (Å²) in [6.07, 6.45) is 11.5. The molecule has 0 aromatic heterocycles. The van der Waals surface area contributed by atoms with Gasteiger partial charge in [0.2, 0.25) is 0 Å². The third kappa shape index (κ3) is 9.99. The molecule has 2 heteroatoms. The minimum Gasteiger partial charge on any atom is -0.381 e. The molecule has 0 radical (unpaired) electrons. The van der Waals surface area contributed by atoms with Gasteiger partial charge in [0.25, 0.3) is 0 Å². The molecular weight excluding hydrogens is 234 g/mol. The smallest absolute Gasteiger partial charge is 0.0478 e. The fourth-order valence-electron chi connectivity index (χ4n) is 2.57. The molecule has 1 aliphatic rings. The van der Waals surface area contributed by atoms with Gasteiger partial charge in [-0.15, -0.1) is 11.8 Å². The molecule has 1 fully saturated rings. The highest BCUT2D eigenvalue weighted by Gasteiger charge is 2.08. The number of likely N-dealkylation sites (tertiary alicyclic amines) is 1. The number of nitrogens with zero attached hydrogens (tertiary/aromatic N) is 1. The Kier molecular flexibility index (Phi) is 10.9. The molecule has 1 rings (SSSR count). The summed E-state index contributed by atoms with van der Waals surface area (Å²) in [5.74, 6) is 6.05. The Bertz CT molecular complexity index is 248. The second-order valence-electron chi connectivity index (χ2n) is 5.46. The molecule has 1 saturated heterocycles. The highest BCUT2D eigenvalue weighted by molar-refractivity contribution is 4.94. The lowest BCUT2D eigenvalue weighted by molar-refractivity contribution is 0.113. The van der Waals surface area contributed by atoms with Crippen LogP contribution >= 0.6 is 0 Å². The fourth-order valence-corrected chi connectivity index (χ4v) is 2.57. The molecule has 2 nitrogen and oxygen atoms in total. The van der Waals surface area contributed by atoms with E-state index in [1.54, 1.807) is 0 Å². The van der Waals surface area contributed by atoms with Gasteiger partial charge >= 0.3 is 0 Å². The van der Waals surface area contributed by atoms with Crippen LogP contribution in [-0.2, 0) is 4.74 Å². The number of hydrogen-bond donors (Lipinski definition) is 0. The minimum absolute atomic E-state index is 0.942. The first kappa shape index (κ1) is 16.5. The molecule has 0 aromatic rings. The van der Waals surface area contributed by atoms with Crippen molar-refractivity contribution in [1.29, 1.82) is 0 Å². The lowest BCUT2D eigenvalue weighted by Gasteiger charge is -2.26. The van der Waals surface area contributed by atoms with Crippen molar-refractivity contribution >= 4 is 0 Å². The van der Waals surface area contributed by atoms with Gasteiger partial charge in [0.05, 0.1) is 0 Å². The van der Waals surface area contributed by atoms with E-state index in [0.717, 1.165) is 19.6 Å². The van der Waals surface area contributed by atoms with Crippen molar-refractivity contribution in [3.8, 4) is 11.8 Å². The molecule has 0 spiro atoms. The monoisotopic (exact) mass is 265 g/mol. The molecular formula is C17H31NO. The van der Waals surface area contributed by atoms with E-state index in [4.69, 9.17) is 4.74 Å². The van der Waals surface area contributed by atoms with Crippen molar-refractivity contribution in [3.05, 3.63) is 0 Å². The molecule has 0 aromatic carbocycles. The zero-order valence-corrected chi connectivity index (χ0v) is 12.8. The standard InChI is InChI=1S/C17H31NO/c1-2-3-4-5-6-7-11-16-19-17-12-15-18-13-9-8-10-14-18/h4-17H2,1H3. The maximum Gasteiger partial charge on any atom is 0.0478 e. The maximum atomic E-state index is 5.70. The van der Waals surface area contributed by atoms with E-state index in [0.29, 0.717) is 0 Å². The van der Waals surface area contributed by atoms with Gasteiger partial charge < -0.3 is 9.64 Å². The Labute approximate surface area is 119 Å². The van der Waals surface area contributed by atoms with Gasteiger partial charge in [0.1, 0.15) is 0 Å². The van der Waals surface area contributed by atoms with Gasteiger partial charge in [-0.25, -0.2) is 0 Å². The summed E-state index contributed by atoms with van der Waals surface area (Å²) in [5.41, 5.74) is 0. The molecule has 19 heavy (non-hydrogen) atoms. The lowest BCUT2D eigenvalue weighted by atomic mass is 10.1. The topological polar surface area (TPSA) is 12.5 Å². The Morgan fingerprint density at radius 2 is 1.63 bits per heavy atom. The quantitative estimate of drug-likeness (QED) is 0.439. The van der Waals surface area contributed by atoms with Crippen LogP contribution in [-0.4, -0.2) is 37.7 Å². The minimum atomic E-state index is 0.942. The summed E-state index contributed by atoms with van der Waals surface area (Å²) in [6, 6.07) is 0. The van der Waals surface area contributed by atoms with E-state index in [1.807, 2.05) is 6.92 Å². The fraction of sp³-hybridized carbons (Fsp3) is 0.882. The largest absolute Gasteiger partial charge is 0.381 e. The number of hydrogen-bond acceptors (Lipinski definition) is 2. The summed E-state index contributed by atoms with van der Waals surface area (Å²) >= 11 is 0. The van der Waals surface area contributed by atoms with Crippen molar-refractivity contribution in [2.45, 2.75) is 64.7 Å². The van der Waals surface area contributed by atoms with E-state index in [2.05, 4.69) is 16.7 Å². The van der Waals surface area contributed by atoms with Crippen LogP contribution in [0.3, 0.4) is 0 Å². The van der Waals surface area contributed by atoms with Crippen molar-refractivity contribution in [1.82, 2.24) is 4.90 Å². The van der Waals surface area contributed by atoms with Gasteiger partial charge in [0, 0.05) is 26.2 Å². The average Bonchev–Trinajstić information content (AvgIpc) is 2.46.